The van der Waals surface area contributed by atoms with Gasteiger partial charge in [-0.1, -0.05) is 60.7 Å². The molecule has 2 aromatic carbocycles. The maximum absolute atomic E-state index is 11.1. The lowest BCUT2D eigenvalue weighted by atomic mass is 9.91. The van der Waals surface area contributed by atoms with Crippen molar-refractivity contribution in [3.8, 4) is 5.88 Å². The third kappa shape index (κ3) is 5.17. The van der Waals surface area contributed by atoms with Crippen LogP contribution in [0.3, 0.4) is 0 Å². The standard InChI is InChI=1S/C27H31N3O2/c31-27(13-21-7-3-1-4-8-21)14-23-18-30(19-24(23)15-27)12-11-25-16-29-26(17-28-25)32-20-22-9-5-2-6-10-22/h1-10,16-17,23-24,31H,11-15,18-20H2. The molecule has 2 fully saturated rings. The third-order valence-electron chi connectivity index (χ3n) is 6.91. The first-order chi connectivity index (χ1) is 15.7. The Kier molecular flexibility index (Phi) is 6.19. The van der Waals surface area contributed by atoms with E-state index in [0.717, 1.165) is 56.6 Å². The van der Waals surface area contributed by atoms with Gasteiger partial charge in [0.1, 0.15) is 6.61 Å². The van der Waals surface area contributed by atoms with Gasteiger partial charge >= 0.3 is 0 Å². The van der Waals surface area contributed by atoms with E-state index in [4.69, 9.17) is 4.74 Å². The van der Waals surface area contributed by atoms with E-state index in [-0.39, 0.29) is 0 Å². The Hall–Kier alpha value is -2.76. The molecule has 166 valence electrons. The van der Waals surface area contributed by atoms with Crippen LogP contribution >= 0.6 is 0 Å². The average molecular weight is 430 g/mol. The Labute approximate surface area is 190 Å². The summed E-state index contributed by atoms with van der Waals surface area (Å²) in [4.78, 5) is 11.5. The van der Waals surface area contributed by atoms with Crippen LogP contribution < -0.4 is 4.74 Å². The molecule has 5 heteroatoms. The van der Waals surface area contributed by atoms with Crippen molar-refractivity contribution in [2.45, 2.75) is 37.9 Å². The zero-order valence-electron chi connectivity index (χ0n) is 18.4. The van der Waals surface area contributed by atoms with Crippen LogP contribution in [0.5, 0.6) is 5.88 Å². The molecule has 1 N–H and O–H groups in total. The second-order valence-electron chi connectivity index (χ2n) is 9.44. The lowest BCUT2D eigenvalue weighted by Crippen LogP contribution is -2.32. The highest BCUT2D eigenvalue weighted by Crippen LogP contribution is 2.45. The van der Waals surface area contributed by atoms with Crippen LogP contribution in [0.4, 0.5) is 0 Å². The largest absolute Gasteiger partial charge is 0.472 e. The molecule has 0 bridgehead atoms. The van der Waals surface area contributed by atoms with Gasteiger partial charge in [-0.15, -0.1) is 0 Å². The number of hydrogen-bond donors (Lipinski definition) is 1. The summed E-state index contributed by atoms with van der Waals surface area (Å²) in [5.74, 6) is 1.76. The monoisotopic (exact) mass is 429 g/mol. The van der Waals surface area contributed by atoms with Gasteiger partial charge in [-0.3, -0.25) is 4.98 Å². The van der Waals surface area contributed by atoms with Gasteiger partial charge in [0.2, 0.25) is 5.88 Å². The molecule has 2 aliphatic rings. The van der Waals surface area contributed by atoms with Gasteiger partial charge in [0.15, 0.2) is 0 Å². The van der Waals surface area contributed by atoms with E-state index in [9.17, 15) is 5.11 Å². The zero-order valence-corrected chi connectivity index (χ0v) is 18.4. The van der Waals surface area contributed by atoms with Crippen LogP contribution in [0.1, 0.15) is 29.7 Å². The van der Waals surface area contributed by atoms with Crippen LogP contribution in [0.15, 0.2) is 73.1 Å². The molecule has 1 saturated heterocycles. The van der Waals surface area contributed by atoms with Gasteiger partial charge in [-0.2, -0.15) is 0 Å². The highest BCUT2D eigenvalue weighted by atomic mass is 16.5. The summed E-state index contributed by atoms with van der Waals surface area (Å²) in [7, 11) is 0. The van der Waals surface area contributed by atoms with Crippen LogP contribution in [0.2, 0.25) is 0 Å². The minimum atomic E-state index is -0.538. The van der Waals surface area contributed by atoms with Crippen molar-refractivity contribution in [1.29, 1.82) is 0 Å². The van der Waals surface area contributed by atoms with E-state index in [2.05, 4.69) is 39.1 Å². The number of ether oxygens (including phenoxy) is 1. The van der Waals surface area contributed by atoms with E-state index >= 15 is 0 Å². The number of likely N-dealkylation sites (tertiary alicyclic amines) is 1. The first kappa shape index (κ1) is 21.1. The molecular weight excluding hydrogens is 398 g/mol. The van der Waals surface area contributed by atoms with Crippen molar-refractivity contribution in [3.05, 3.63) is 89.9 Å². The molecule has 5 nitrogen and oxygen atoms in total. The molecule has 2 unspecified atom stereocenters. The van der Waals surface area contributed by atoms with Gasteiger partial charge in [-0.05, 0) is 35.8 Å². The van der Waals surface area contributed by atoms with E-state index in [1.54, 1.807) is 6.20 Å². The predicted octanol–water partition coefficient (Wildman–Crippen LogP) is 3.91. The molecule has 2 atom stereocenters. The normalized spacial score (nSPS) is 25.0. The molecule has 3 aromatic rings. The predicted molar refractivity (Wildman–Crippen MR) is 124 cm³/mol. The molecule has 1 saturated carbocycles. The Balaban J connectivity index is 1.07. The van der Waals surface area contributed by atoms with Crippen LogP contribution in [0, 0.1) is 11.8 Å². The van der Waals surface area contributed by atoms with Crippen molar-refractivity contribution in [2.75, 3.05) is 19.6 Å². The zero-order chi connectivity index (χ0) is 21.8. The summed E-state index contributed by atoms with van der Waals surface area (Å²) < 4.78 is 5.73. The molecule has 32 heavy (non-hydrogen) atoms. The maximum Gasteiger partial charge on any atom is 0.232 e. The summed E-state index contributed by atoms with van der Waals surface area (Å²) in [6.45, 7) is 3.64. The number of aromatic nitrogens is 2. The van der Waals surface area contributed by atoms with Gasteiger partial charge in [-0.25, -0.2) is 4.98 Å². The molecule has 1 aromatic heterocycles. The van der Waals surface area contributed by atoms with Crippen molar-refractivity contribution < 1.29 is 9.84 Å². The van der Waals surface area contributed by atoms with E-state index in [0.29, 0.717) is 24.3 Å². The fraction of sp³-hybridized carbons (Fsp3) is 0.407. The van der Waals surface area contributed by atoms with Gasteiger partial charge in [0.05, 0.1) is 23.7 Å². The number of fused-ring (bicyclic) bond motifs is 1. The SMILES string of the molecule is OC1(Cc2ccccc2)CC2CN(CCc3cnc(OCc4ccccc4)cn3)CC2C1. The molecule has 5 rings (SSSR count). The van der Waals surface area contributed by atoms with Crippen LogP contribution in [-0.4, -0.2) is 45.2 Å². The summed E-state index contributed by atoms with van der Waals surface area (Å²) in [6.07, 6.45) is 7.04. The van der Waals surface area contributed by atoms with Crippen molar-refractivity contribution >= 4 is 0 Å². The van der Waals surface area contributed by atoms with Crippen molar-refractivity contribution in [1.82, 2.24) is 14.9 Å². The second-order valence-corrected chi connectivity index (χ2v) is 9.44. The molecule has 2 heterocycles. The highest BCUT2D eigenvalue weighted by molar-refractivity contribution is 5.19. The summed E-state index contributed by atoms with van der Waals surface area (Å²) >= 11 is 0. The fourth-order valence-corrected chi connectivity index (χ4v) is 5.41. The molecule has 1 aliphatic heterocycles. The summed E-state index contributed by atoms with van der Waals surface area (Å²) in [6, 6.07) is 20.5. The summed E-state index contributed by atoms with van der Waals surface area (Å²) in [5, 5.41) is 11.1. The second kappa shape index (κ2) is 9.39. The van der Waals surface area contributed by atoms with E-state index in [1.165, 1.54) is 5.56 Å². The first-order valence-corrected chi connectivity index (χ1v) is 11.6. The lowest BCUT2D eigenvalue weighted by Gasteiger charge is -2.26. The molecule has 0 amide bonds. The quantitative estimate of drug-likeness (QED) is 0.588. The number of hydrogen-bond acceptors (Lipinski definition) is 5. The molecule has 0 spiro atoms. The van der Waals surface area contributed by atoms with E-state index in [1.807, 2.05) is 42.6 Å². The van der Waals surface area contributed by atoms with Gasteiger partial charge in [0.25, 0.3) is 0 Å². The minimum Gasteiger partial charge on any atom is -0.472 e. The van der Waals surface area contributed by atoms with Gasteiger partial charge in [0, 0.05) is 32.5 Å². The Bertz CT molecular complexity index is 980. The maximum atomic E-state index is 11.1. The smallest absolute Gasteiger partial charge is 0.232 e. The van der Waals surface area contributed by atoms with E-state index < -0.39 is 5.60 Å². The van der Waals surface area contributed by atoms with Crippen LogP contribution in [0.25, 0.3) is 0 Å². The third-order valence-corrected chi connectivity index (χ3v) is 6.91. The molecule has 1 aliphatic carbocycles. The Morgan fingerprint density at radius 1 is 0.875 bits per heavy atom. The average Bonchev–Trinajstić information content (AvgIpc) is 3.32. The van der Waals surface area contributed by atoms with Crippen molar-refractivity contribution in [2.24, 2.45) is 11.8 Å². The minimum absolute atomic E-state index is 0.502. The lowest BCUT2D eigenvalue weighted by molar-refractivity contribution is 0.0355. The Morgan fingerprint density at radius 2 is 1.53 bits per heavy atom. The Morgan fingerprint density at radius 3 is 2.16 bits per heavy atom. The fourth-order valence-electron chi connectivity index (χ4n) is 5.41. The molecular formula is C27H31N3O2. The molecule has 0 radical (unpaired) electrons. The van der Waals surface area contributed by atoms with Crippen molar-refractivity contribution in [3.63, 3.8) is 0 Å². The number of nitrogens with zero attached hydrogens (tertiary/aromatic N) is 3. The van der Waals surface area contributed by atoms with Gasteiger partial charge < -0.3 is 14.7 Å². The summed E-state index contributed by atoms with van der Waals surface area (Å²) in [5.41, 5.74) is 2.81. The number of aliphatic hydroxyl groups is 1. The number of benzene rings is 2. The highest BCUT2D eigenvalue weighted by Gasteiger charge is 2.47. The number of rotatable bonds is 8. The van der Waals surface area contributed by atoms with Crippen LogP contribution in [-0.2, 0) is 19.4 Å². The first-order valence-electron chi connectivity index (χ1n) is 11.6. The topological polar surface area (TPSA) is 58.5 Å².